The smallest absolute Gasteiger partial charge is 0.323 e. The Labute approximate surface area is 741 Å². The summed E-state index contributed by atoms with van der Waals surface area (Å²) >= 11 is 0. The van der Waals surface area contributed by atoms with E-state index in [4.69, 9.17) is 30.5 Å². The number of hydrogen-bond donors (Lipinski definition) is 11. The molecular formula is C79H82F4N32O12S4. The van der Waals surface area contributed by atoms with Crippen LogP contribution < -0.4 is 58.1 Å². The molecule has 12 aromatic rings. The summed E-state index contributed by atoms with van der Waals surface area (Å²) in [6.07, 6.45) is 23.8. The normalized spacial score (nSPS) is 18.1. The van der Waals surface area contributed by atoms with E-state index in [2.05, 4.69) is 108 Å². The molecule has 0 aromatic carbocycles. The minimum absolute atomic E-state index is 0.0182. The molecule has 0 saturated heterocycles. The topological polar surface area (TPSA) is 620 Å². The minimum atomic E-state index is -4.81. The van der Waals surface area contributed by atoms with Gasteiger partial charge in [-0.2, -0.15) is 52.8 Å². The summed E-state index contributed by atoms with van der Waals surface area (Å²) in [6.45, 7) is 1.86. The maximum Gasteiger partial charge on any atom is 0.437 e. The number of alkyl halides is 3. The van der Waals surface area contributed by atoms with Crippen molar-refractivity contribution in [2.75, 3.05) is 28.3 Å². The van der Waals surface area contributed by atoms with Crippen molar-refractivity contribution in [3.63, 3.8) is 0 Å². The van der Waals surface area contributed by atoms with Crippen molar-refractivity contribution in [3.8, 4) is 0 Å². The molecule has 0 atom stereocenters. The van der Waals surface area contributed by atoms with Crippen LogP contribution in [0.1, 0.15) is 158 Å². The van der Waals surface area contributed by atoms with Crippen molar-refractivity contribution >= 4 is 178 Å². The molecule has 0 unspecified atom stereocenters. The summed E-state index contributed by atoms with van der Waals surface area (Å²) in [5.41, 5.74) is 8.06. The highest BCUT2D eigenvalue weighted by Gasteiger charge is 2.52. The van der Waals surface area contributed by atoms with Crippen LogP contribution in [0.4, 0.5) is 64.1 Å². The minimum Gasteiger partial charge on any atom is -0.323 e. The van der Waals surface area contributed by atoms with Crippen LogP contribution in [-0.2, 0) is 81.4 Å². The maximum absolute atomic E-state index is 14.8. The summed E-state index contributed by atoms with van der Waals surface area (Å²) in [5, 5.41) is 50.6. The van der Waals surface area contributed by atoms with Crippen LogP contribution >= 0.6 is 0 Å². The standard InChI is InChI=1S/C20H19F3N8O3S.2C20H22N8O3S.C19H19FN8O3S/c21-20(22,23)15-13-8-11-9-26-18(27-12-4-5-14(25-10-12)35(24,33)34)28-16(11)31(13)19(17(32)30-29-15)6-2-1-3-7-19;1-27-18(29)20(7-3-2-4-8-20)28-15(12-24-27)9-13-10-23-19(26-17(13)28)25-14-5-6-16(22-11-14)32(21,30)31;1-12-15-9-13-10-23-19(24-14-5-6-16(22-11-14)32(21,30)31)25-17(13)28(15)20(18(29)27-26-12)7-3-2-4-8-20;20-15-13-8-11-9-23-18(24-12-4-5-14(22-10-12)32(21,30)31)25-16(11)28(13)19(17(29)27-26-15)6-2-1-3-7-19/h4-5,8-10H,1-3,6-7H2,(H,30,32)(H2,24,33,34)(H,26,27,28);5-6,9-12H,2-4,7-8H2,1H3,(H2,21,30,31)(H,23,25,26);5-6,9-11H,2-4,7-8H2,1H3,(H,27,29)(H2,21,30,31)(H,23,24,25);4-5,8-10H,1-3,6-7H2,(H,27,29)(H2,21,30,31)(H,23,24,25). The fourth-order valence-corrected chi connectivity index (χ4v) is 19.8. The van der Waals surface area contributed by atoms with E-state index in [1.165, 1.54) is 101 Å². The number of rotatable bonds is 12. The van der Waals surface area contributed by atoms with Crippen molar-refractivity contribution in [2.45, 2.75) is 184 Å². The number of sulfonamides is 4. The van der Waals surface area contributed by atoms with E-state index in [0.29, 0.717) is 119 Å². The summed E-state index contributed by atoms with van der Waals surface area (Å²) in [7, 11) is -14.0. The molecule has 15 N–H and O–H groups in total. The molecule has 0 radical (unpaired) electrons. The Morgan fingerprint density at radius 1 is 0.382 bits per heavy atom. The van der Waals surface area contributed by atoms with Crippen LogP contribution in [0.15, 0.2) is 163 Å². The van der Waals surface area contributed by atoms with Gasteiger partial charge >= 0.3 is 6.18 Å². The van der Waals surface area contributed by atoms with Crippen LogP contribution in [0.25, 0.3) is 44.1 Å². The molecule has 131 heavy (non-hydrogen) atoms. The summed E-state index contributed by atoms with van der Waals surface area (Å²) < 4.78 is 155. The van der Waals surface area contributed by atoms with Crippen molar-refractivity contribution < 1.29 is 70.4 Å². The van der Waals surface area contributed by atoms with E-state index in [1.807, 2.05) is 28.2 Å². The number of nitrogens with zero attached hydrogens (tertiary/aromatic N) is 21. The molecule has 52 heteroatoms. The molecule has 8 aliphatic rings. The largest absolute Gasteiger partial charge is 0.437 e. The highest BCUT2D eigenvalue weighted by atomic mass is 32.2. The summed E-state index contributed by atoms with van der Waals surface area (Å²) in [6, 6.07) is 17.7. The van der Waals surface area contributed by atoms with Crippen molar-refractivity contribution in [1.29, 1.82) is 0 Å². The van der Waals surface area contributed by atoms with Crippen molar-refractivity contribution in [2.24, 2.45) is 41.0 Å². The summed E-state index contributed by atoms with van der Waals surface area (Å²) in [5.74, 6) is -1.14. The van der Waals surface area contributed by atoms with Gasteiger partial charge in [0.05, 0.1) is 76.5 Å². The second-order valence-electron chi connectivity index (χ2n) is 32.4. The second-order valence-corrected chi connectivity index (χ2v) is 38.5. The van der Waals surface area contributed by atoms with Crippen molar-refractivity contribution in [3.05, 3.63) is 145 Å². The zero-order valence-corrected chi connectivity index (χ0v) is 72.8. The first-order chi connectivity index (χ1) is 62.3. The number of carbonyl (C=O) groups is 4. The molecule has 20 rings (SSSR count). The second kappa shape index (κ2) is 34.2. The number of nitrogens with one attached hydrogen (secondary N) is 7. The van der Waals surface area contributed by atoms with E-state index < -0.39 is 86.0 Å². The van der Waals surface area contributed by atoms with Gasteiger partial charge in [-0.3, -0.25) is 19.2 Å². The van der Waals surface area contributed by atoms with Gasteiger partial charge in [-0.1, -0.05) is 77.0 Å². The van der Waals surface area contributed by atoms with E-state index >= 15 is 0 Å². The zero-order chi connectivity index (χ0) is 92.5. The van der Waals surface area contributed by atoms with Crippen LogP contribution in [0.2, 0.25) is 0 Å². The highest BCUT2D eigenvalue weighted by molar-refractivity contribution is 7.89. The fraction of sp³-hybridized carbons (Fsp3) is 0.342. The third-order valence-electron chi connectivity index (χ3n) is 24.0. The van der Waals surface area contributed by atoms with Gasteiger partial charge in [0.15, 0.2) is 25.8 Å². The first-order valence-electron chi connectivity index (χ1n) is 41.1. The number of hydrogen-bond acceptors (Lipinski definition) is 32. The number of likely N-dealkylation sites (N-methyl/N-ethyl adjacent to an activating group) is 1. The van der Waals surface area contributed by atoms with Crippen LogP contribution in [0.5, 0.6) is 0 Å². The molecule has 682 valence electrons. The van der Waals surface area contributed by atoms with Gasteiger partial charge < -0.3 is 39.5 Å². The molecular weight excluding hydrogens is 1790 g/mol. The Morgan fingerprint density at radius 3 is 1.03 bits per heavy atom. The Morgan fingerprint density at radius 2 is 0.687 bits per heavy atom. The third-order valence-corrected chi connectivity index (χ3v) is 27.3. The molecule has 0 bridgehead atoms. The lowest BCUT2D eigenvalue weighted by molar-refractivity contribution is -0.141. The Balaban J connectivity index is 0.000000122. The molecule has 4 aliphatic carbocycles. The molecule has 4 amide bonds. The number of carbonyl (C=O) groups excluding carboxylic acids is 4. The average Bonchev–Trinajstić information content (AvgIpc) is 1.58. The lowest BCUT2D eigenvalue weighted by atomic mass is 9.80. The SMILES string of the molecule is CC1=NNC(=O)C2(CCCCC2)n2c1cc1cnc(Nc3ccc(S(N)(=O)=O)nc3)nc12.CN1N=Cc2cc3cnc(Nc4ccc(S(N)(=O)=O)nc4)nc3n2C2(CCCCC2)C1=O.NS(=O)(=O)c1ccc(Nc2ncc3cc4n(c3n2)C2(CCCCC2)C(=O)NN=C4C(F)(F)F)cn1.NS(=O)(=O)c1ccc(Nc2ncc3cc4n(c3n2)C2(CCCCC2)C(=O)NN=C4F)cn1. The third kappa shape index (κ3) is 17.3. The molecule has 44 nitrogen and oxygen atoms in total. The van der Waals surface area contributed by atoms with Gasteiger partial charge in [-0.15, -0.1) is 5.10 Å². The monoisotopic (exact) mass is 1870 g/mol. The van der Waals surface area contributed by atoms with Crippen LogP contribution in [0, 0.1) is 0 Å². The van der Waals surface area contributed by atoms with E-state index in [-0.39, 0.29) is 66.8 Å². The van der Waals surface area contributed by atoms with Crippen molar-refractivity contribution in [1.82, 2.24) is 99.4 Å². The lowest BCUT2D eigenvalue weighted by Crippen LogP contribution is -2.48. The van der Waals surface area contributed by atoms with Gasteiger partial charge in [-0.05, 0) is 131 Å². The number of anilines is 8. The van der Waals surface area contributed by atoms with E-state index in [1.54, 1.807) is 36.3 Å². The zero-order valence-electron chi connectivity index (χ0n) is 69.5. The van der Waals surface area contributed by atoms with E-state index in [9.17, 15) is 70.4 Å². The number of hydrazone groups is 4. The number of primary sulfonamides is 4. The maximum atomic E-state index is 14.8. The predicted octanol–water partition coefficient (Wildman–Crippen LogP) is 7.32. The van der Waals surface area contributed by atoms with Crippen LogP contribution in [-0.4, -0.2) is 177 Å². The highest BCUT2D eigenvalue weighted by Crippen LogP contribution is 2.47. The quantitative estimate of drug-likeness (QED) is 0.0533. The first kappa shape index (κ1) is 89.2. The molecule has 16 heterocycles. The van der Waals surface area contributed by atoms with Gasteiger partial charge in [0.25, 0.3) is 69.7 Å². The number of halogens is 4. The number of fused-ring (bicyclic) bond motifs is 16. The predicted molar refractivity (Wildman–Crippen MR) is 467 cm³/mol. The average molecular weight is 1880 g/mol. The Hall–Kier alpha value is -13.8. The number of aromatic nitrogens is 16. The molecule has 4 spiro atoms. The first-order valence-corrected chi connectivity index (χ1v) is 47.3. The number of pyridine rings is 4. The van der Waals surface area contributed by atoms with Gasteiger partial charge in [-0.25, -0.2) is 115 Å². The molecule has 4 saturated carbocycles. The molecule has 4 fully saturated rings. The summed E-state index contributed by atoms with van der Waals surface area (Å²) in [4.78, 5) is 103. The lowest BCUT2D eigenvalue weighted by Gasteiger charge is -2.38. The Kier molecular flexibility index (Phi) is 23.3. The molecule has 4 aliphatic heterocycles. The number of nitrogens with two attached hydrogens (primary N) is 4. The number of amides is 4. The fourth-order valence-electron chi connectivity index (χ4n) is 17.9. The van der Waals surface area contributed by atoms with Gasteiger partial charge in [0.1, 0.15) is 50.4 Å². The molecule has 12 aromatic heterocycles. The van der Waals surface area contributed by atoms with E-state index in [0.717, 1.165) is 99.2 Å². The van der Waals surface area contributed by atoms with Gasteiger partial charge in [0.2, 0.25) is 23.8 Å². The Bertz CT molecular complexity index is 7020. The van der Waals surface area contributed by atoms with Gasteiger partial charge in [0, 0.05) is 53.4 Å². The van der Waals surface area contributed by atoms with Crippen LogP contribution in [0.3, 0.4) is 0 Å².